The van der Waals surface area contributed by atoms with Gasteiger partial charge in [-0.05, 0) is 56.0 Å². The first-order valence-corrected chi connectivity index (χ1v) is 12.8. The molecule has 2 nitrogen and oxygen atoms in total. The highest BCUT2D eigenvalue weighted by Gasteiger charge is 2.31. The zero-order valence-electron chi connectivity index (χ0n) is 19.0. The Labute approximate surface area is 172 Å². The quantitative estimate of drug-likeness (QED) is 0.281. The molecule has 0 spiro atoms. The standard InChI is InChI=1S/C24H45N2Si/c1-7-9-14-18-25(20-22(3)4)27(24-16-12-11-13-17-24)26(21-23(5)6)19-15-10-8-2/h11-13,16-17,22-23H,7-10,14-15,18-21H2,1-6H3. The van der Waals surface area contributed by atoms with Gasteiger partial charge in [0.2, 0.25) is 0 Å². The zero-order chi connectivity index (χ0) is 20.1. The molecule has 1 aromatic carbocycles. The summed E-state index contributed by atoms with van der Waals surface area (Å²) in [7, 11) is -0.884. The van der Waals surface area contributed by atoms with E-state index in [-0.39, 0.29) is 0 Å². The van der Waals surface area contributed by atoms with Crippen LogP contribution < -0.4 is 5.19 Å². The maximum atomic E-state index is 2.87. The molecule has 0 aliphatic carbocycles. The van der Waals surface area contributed by atoms with Gasteiger partial charge < -0.3 is 9.13 Å². The lowest BCUT2D eigenvalue weighted by Crippen LogP contribution is -2.61. The number of benzene rings is 1. The Kier molecular flexibility index (Phi) is 13.0. The van der Waals surface area contributed by atoms with Gasteiger partial charge in [-0.2, -0.15) is 0 Å². The molecule has 0 aromatic heterocycles. The normalized spacial score (nSPS) is 12.3. The van der Waals surface area contributed by atoms with Gasteiger partial charge in [0.25, 0.3) is 9.12 Å². The van der Waals surface area contributed by atoms with Crippen LogP contribution in [0, 0.1) is 11.8 Å². The number of hydrogen-bond acceptors (Lipinski definition) is 2. The van der Waals surface area contributed by atoms with E-state index in [0.717, 1.165) is 0 Å². The average Bonchev–Trinajstić information content (AvgIpc) is 2.62. The Morgan fingerprint density at radius 3 is 1.52 bits per heavy atom. The predicted octanol–water partition coefficient (Wildman–Crippen LogP) is 5.68. The summed E-state index contributed by atoms with van der Waals surface area (Å²) in [4.78, 5) is 0. The summed E-state index contributed by atoms with van der Waals surface area (Å²) in [6.07, 6.45) is 7.95. The minimum Gasteiger partial charge on any atom is -0.308 e. The molecule has 0 amide bonds. The van der Waals surface area contributed by atoms with Crippen LogP contribution in [0.25, 0.3) is 0 Å². The van der Waals surface area contributed by atoms with Crippen LogP contribution in [-0.4, -0.2) is 44.4 Å². The van der Waals surface area contributed by atoms with Crippen molar-refractivity contribution in [3.8, 4) is 0 Å². The fourth-order valence-corrected chi connectivity index (χ4v) is 7.14. The van der Waals surface area contributed by atoms with Crippen LogP contribution in [0.1, 0.15) is 80.1 Å². The molecule has 1 rings (SSSR count). The van der Waals surface area contributed by atoms with Crippen molar-refractivity contribution in [3.63, 3.8) is 0 Å². The lowest BCUT2D eigenvalue weighted by atomic mass is 10.2. The first-order chi connectivity index (χ1) is 13.0. The van der Waals surface area contributed by atoms with Crippen molar-refractivity contribution in [2.75, 3.05) is 26.2 Å². The lowest BCUT2D eigenvalue weighted by Gasteiger charge is -2.40. The van der Waals surface area contributed by atoms with Gasteiger partial charge in [0.05, 0.1) is 0 Å². The van der Waals surface area contributed by atoms with Crippen molar-refractivity contribution in [2.24, 2.45) is 11.8 Å². The summed E-state index contributed by atoms with van der Waals surface area (Å²) >= 11 is 0. The van der Waals surface area contributed by atoms with Gasteiger partial charge >= 0.3 is 0 Å². The summed E-state index contributed by atoms with van der Waals surface area (Å²) in [6.45, 7) is 19.1. The SMILES string of the molecule is CCCCCN(CC(C)C)[Si](c1ccccc1)N(CCCCC)CC(C)C. The summed E-state index contributed by atoms with van der Waals surface area (Å²) in [5.74, 6) is 1.43. The van der Waals surface area contributed by atoms with E-state index in [1.165, 1.54) is 64.7 Å². The highest BCUT2D eigenvalue weighted by atomic mass is 28.3. The van der Waals surface area contributed by atoms with Gasteiger partial charge in [-0.15, -0.1) is 0 Å². The molecule has 0 atom stereocenters. The topological polar surface area (TPSA) is 6.48 Å². The molecular weight excluding hydrogens is 344 g/mol. The summed E-state index contributed by atoms with van der Waals surface area (Å²) in [5, 5.41) is 1.57. The van der Waals surface area contributed by atoms with E-state index in [1.54, 1.807) is 5.19 Å². The van der Waals surface area contributed by atoms with Gasteiger partial charge in [0, 0.05) is 0 Å². The summed E-state index contributed by atoms with van der Waals surface area (Å²) < 4.78 is 5.74. The van der Waals surface area contributed by atoms with E-state index in [1.807, 2.05) is 0 Å². The molecule has 0 fully saturated rings. The number of rotatable bonds is 15. The molecule has 0 aliphatic rings. The second-order valence-electron chi connectivity index (χ2n) is 8.78. The monoisotopic (exact) mass is 389 g/mol. The highest BCUT2D eigenvalue weighted by Crippen LogP contribution is 2.13. The summed E-state index contributed by atoms with van der Waals surface area (Å²) in [6, 6.07) is 11.4. The Morgan fingerprint density at radius 1 is 0.704 bits per heavy atom. The minimum absolute atomic E-state index is 0.715. The van der Waals surface area contributed by atoms with Crippen molar-refractivity contribution >= 4 is 14.3 Å². The molecule has 0 N–H and O–H groups in total. The molecule has 1 aromatic rings. The summed E-state index contributed by atoms with van der Waals surface area (Å²) in [5.41, 5.74) is 0. The Morgan fingerprint density at radius 2 is 1.15 bits per heavy atom. The van der Waals surface area contributed by atoms with Gasteiger partial charge in [-0.1, -0.05) is 97.6 Å². The van der Waals surface area contributed by atoms with Crippen LogP contribution >= 0.6 is 0 Å². The predicted molar refractivity (Wildman–Crippen MR) is 124 cm³/mol. The third-order valence-electron chi connectivity index (χ3n) is 4.87. The van der Waals surface area contributed by atoms with Crippen molar-refractivity contribution in [2.45, 2.75) is 80.1 Å². The van der Waals surface area contributed by atoms with Crippen LogP contribution in [0.5, 0.6) is 0 Å². The van der Waals surface area contributed by atoms with Gasteiger partial charge in [0.15, 0.2) is 0 Å². The Hall–Kier alpha value is -0.643. The van der Waals surface area contributed by atoms with E-state index in [4.69, 9.17) is 0 Å². The van der Waals surface area contributed by atoms with Crippen molar-refractivity contribution in [3.05, 3.63) is 30.3 Å². The van der Waals surface area contributed by atoms with Crippen LogP contribution in [0.15, 0.2) is 30.3 Å². The Balaban J connectivity index is 3.14. The third-order valence-corrected chi connectivity index (χ3v) is 7.73. The van der Waals surface area contributed by atoms with Crippen LogP contribution in [0.2, 0.25) is 0 Å². The van der Waals surface area contributed by atoms with Crippen LogP contribution in [0.3, 0.4) is 0 Å². The van der Waals surface area contributed by atoms with Gasteiger partial charge in [0.1, 0.15) is 0 Å². The second-order valence-corrected chi connectivity index (χ2v) is 11.3. The average molecular weight is 390 g/mol. The fraction of sp³-hybridized carbons (Fsp3) is 0.750. The molecular formula is C24H45N2Si. The molecule has 0 unspecified atom stereocenters. The first-order valence-electron chi connectivity index (χ1n) is 11.4. The van der Waals surface area contributed by atoms with Crippen LogP contribution in [-0.2, 0) is 0 Å². The van der Waals surface area contributed by atoms with Crippen LogP contribution in [0.4, 0.5) is 0 Å². The van der Waals surface area contributed by atoms with E-state index < -0.39 is 9.12 Å². The minimum atomic E-state index is -0.884. The smallest absolute Gasteiger partial charge is 0.266 e. The van der Waals surface area contributed by atoms with E-state index in [9.17, 15) is 0 Å². The molecule has 27 heavy (non-hydrogen) atoms. The molecule has 0 saturated carbocycles. The molecule has 0 bridgehead atoms. The van der Waals surface area contributed by atoms with Gasteiger partial charge in [-0.25, -0.2) is 0 Å². The maximum absolute atomic E-state index is 2.87. The van der Waals surface area contributed by atoms with E-state index >= 15 is 0 Å². The Bertz CT molecular complexity index is 437. The highest BCUT2D eigenvalue weighted by molar-refractivity contribution is 6.68. The molecule has 3 heteroatoms. The number of hydrogen-bond donors (Lipinski definition) is 0. The molecule has 0 saturated heterocycles. The van der Waals surface area contributed by atoms with E-state index in [0.29, 0.717) is 11.8 Å². The van der Waals surface area contributed by atoms with Crippen molar-refractivity contribution < 1.29 is 0 Å². The number of nitrogens with zero attached hydrogens (tertiary/aromatic N) is 2. The molecule has 0 aliphatic heterocycles. The first kappa shape index (κ1) is 24.4. The lowest BCUT2D eigenvalue weighted by molar-refractivity contribution is 0.297. The maximum Gasteiger partial charge on any atom is 0.266 e. The zero-order valence-corrected chi connectivity index (χ0v) is 20.0. The van der Waals surface area contributed by atoms with Crippen molar-refractivity contribution in [1.82, 2.24) is 9.13 Å². The fourth-order valence-electron chi connectivity index (χ4n) is 3.71. The van der Waals surface area contributed by atoms with Crippen molar-refractivity contribution in [1.29, 1.82) is 0 Å². The molecule has 0 heterocycles. The molecule has 155 valence electrons. The number of unbranched alkanes of at least 4 members (excludes halogenated alkanes) is 4. The molecule has 1 radical (unpaired) electrons. The largest absolute Gasteiger partial charge is 0.308 e. The van der Waals surface area contributed by atoms with Gasteiger partial charge in [-0.3, -0.25) is 0 Å². The third kappa shape index (κ3) is 9.91. The second kappa shape index (κ2) is 14.4. The van der Waals surface area contributed by atoms with E-state index in [2.05, 4.69) is 81.0 Å².